The van der Waals surface area contributed by atoms with Crippen LogP contribution in [0.2, 0.25) is 5.02 Å². The van der Waals surface area contributed by atoms with E-state index in [1.54, 1.807) is 6.20 Å². The molecule has 0 spiro atoms. The number of halogens is 1. The number of aryl methyl sites for hydroxylation is 1. The molecule has 0 unspecified atom stereocenters. The molecule has 34 heavy (non-hydrogen) atoms. The summed E-state index contributed by atoms with van der Waals surface area (Å²) in [7, 11) is 0. The quantitative estimate of drug-likeness (QED) is 0.349. The first kappa shape index (κ1) is 22.6. The SMILES string of the molecule is Cc1c(Cl)cccc1-n1c(C)cc([C@H]2[C@@H](c3ccccn3)NC(=S)N2Cc2cccnc2)c1C. The van der Waals surface area contributed by atoms with Crippen LogP contribution in [0.1, 0.15) is 45.9 Å². The van der Waals surface area contributed by atoms with E-state index in [0.29, 0.717) is 11.7 Å². The molecule has 1 N–H and O–H groups in total. The van der Waals surface area contributed by atoms with Crippen LogP contribution in [0.5, 0.6) is 0 Å². The van der Waals surface area contributed by atoms with Crippen molar-refractivity contribution in [1.82, 2.24) is 24.8 Å². The van der Waals surface area contributed by atoms with Gasteiger partial charge in [-0.25, -0.2) is 0 Å². The van der Waals surface area contributed by atoms with Gasteiger partial charge in [-0.1, -0.05) is 29.8 Å². The number of thiocarbonyl (C=S) groups is 1. The largest absolute Gasteiger partial charge is 0.352 e. The molecule has 0 amide bonds. The van der Waals surface area contributed by atoms with Gasteiger partial charge >= 0.3 is 0 Å². The Bertz CT molecular complexity index is 1340. The van der Waals surface area contributed by atoms with Crippen LogP contribution in [0, 0.1) is 20.8 Å². The summed E-state index contributed by atoms with van der Waals surface area (Å²) in [6.07, 6.45) is 5.52. The number of rotatable bonds is 5. The Morgan fingerprint density at radius 1 is 1.03 bits per heavy atom. The first-order chi connectivity index (χ1) is 16.5. The third-order valence-electron chi connectivity index (χ3n) is 6.54. The fourth-order valence-electron chi connectivity index (χ4n) is 4.90. The molecule has 4 aromatic rings. The molecule has 1 aliphatic rings. The molecule has 5 nitrogen and oxygen atoms in total. The fraction of sp³-hybridized carbons (Fsp3) is 0.222. The minimum atomic E-state index is -0.0696. The summed E-state index contributed by atoms with van der Waals surface area (Å²) >= 11 is 12.3. The lowest BCUT2D eigenvalue weighted by Gasteiger charge is -2.28. The highest BCUT2D eigenvalue weighted by Crippen LogP contribution is 2.42. The molecule has 1 aromatic carbocycles. The zero-order valence-electron chi connectivity index (χ0n) is 19.4. The van der Waals surface area contributed by atoms with Crippen molar-refractivity contribution in [1.29, 1.82) is 0 Å². The van der Waals surface area contributed by atoms with E-state index in [2.05, 4.69) is 69.8 Å². The summed E-state index contributed by atoms with van der Waals surface area (Å²) in [5, 5.41) is 5.03. The van der Waals surface area contributed by atoms with Crippen molar-refractivity contribution in [3.05, 3.63) is 112 Å². The van der Waals surface area contributed by atoms with E-state index in [0.717, 1.165) is 38.9 Å². The molecule has 2 atom stereocenters. The van der Waals surface area contributed by atoms with Crippen LogP contribution in [0.3, 0.4) is 0 Å². The average Bonchev–Trinajstić information content (AvgIpc) is 3.32. The number of pyridine rings is 2. The average molecular weight is 488 g/mol. The van der Waals surface area contributed by atoms with Crippen molar-refractivity contribution in [2.45, 2.75) is 39.4 Å². The van der Waals surface area contributed by atoms with Gasteiger partial charge in [0.15, 0.2) is 5.11 Å². The Morgan fingerprint density at radius 2 is 1.88 bits per heavy atom. The lowest BCUT2D eigenvalue weighted by Crippen LogP contribution is -2.29. The smallest absolute Gasteiger partial charge is 0.170 e. The highest BCUT2D eigenvalue weighted by Gasteiger charge is 2.41. The summed E-state index contributed by atoms with van der Waals surface area (Å²) in [5.41, 5.74) is 7.75. The fourth-order valence-corrected chi connectivity index (χ4v) is 5.37. The standard InChI is InChI=1S/C27H26ClN5S/c1-17-14-21(19(3)33(17)24-11-6-9-22(28)18(24)2)26-25(23-10-4-5-13-30-23)31-27(34)32(26)16-20-8-7-12-29-15-20/h4-15,25-26H,16H2,1-3H3,(H,31,34)/t25-,26+/m1/s1. The Kier molecular flexibility index (Phi) is 6.11. The molecule has 1 fully saturated rings. The van der Waals surface area contributed by atoms with E-state index in [1.165, 1.54) is 5.56 Å². The number of hydrogen-bond donors (Lipinski definition) is 1. The number of nitrogens with zero attached hydrogens (tertiary/aromatic N) is 4. The van der Waals surface area contributed by atoms with Gasteiger partial charge in [0.25, 0.3) is 0 Å². The van der Waals surface area contributed by atoms with Crippen molar-refractivity contribution in [3.8, 4) is 5.69 Å². The molecule has 0 aliphatic carbocycles. The minimum absolute atomic E-state index is 0.0259. The second-order valence-corrected chi connectivity index (χ2v) is 9.46. The minimum Gasteiger partial charge on any atom is -0.352 e. The number of hydrogen-bond acceptors (Lipinski definition) is 3. The lowest BCUT2D eigenvalue weighted by molar-refractivity contribution is 0.310. The van der Waals surface area contributed by atoms with E-state index in [4.69, 9.17) is 23.8 Å². The Balaban J connectivity index is 1.64. The number of benzene rings is 1. The highest BCUT2D eigenvalue weighted by molar-refractivity contribution is 7.80. The maximum absolute atomic E-state index is 6.48. The molecular weight excluding hydrogens is 462 g/mol. The zero-order valence-corrected chi connectivity index (χ0v) is 20.9. The van der Waals surface area contributed by atoms with Gasteiger partial charge in [0.2, 0.25) is 0 Å². The van der Waals surface area contributed by atoms with Gasteiger partial charge in [-0.3, -0.25) is 9.97 Å². The molecule has 1 aliphatic heterocycles. The molecule has 7 heteroatoms. The summed E-state index contributed by atoms with van der Waals surface area (Å²) in [6.45, 7) is 7.03. The molecule has 0 bridgehead atoms. The Hall–Kier alpha value is -3.22. The van der Waals surface area contributed by atoms with E-state index in [1.807, 2.05) is 42.7 Å². The Labute approximate surface area is 210 Å². The first-order valence-corrected chi connectivity index (χ1v) is 12.1. The molecule has 172 valence electrons. The van der Waals surface area contributed by atoms with Gasteiger partial charge in [-0.2, -0.15) is 0 Å². The van der Waals surface area contributed by atoms with E-state index in [9.17, 15) is 0 Å². The highest BCUT2D eigenvalue weighted by atomic mass is 35.5. The van der Waals surface area contributed by atoms with E-state index >= 15 is 0 Å². The summed E-state index contributed by atoms with van der Waals surface area (Å²) in [6, 6.07) is 18.3. The molecule has 5 rings (SSSR count). The van der Waals surface area contributed by atoms with Gasteiger partial charge < -0.3 is 14.8 Å². The molecule has 0 radical (unpaired) electrons. The van der Waals surface area contributed by atoms with Crippen LogP contribution in [-0.4, -0.2) is 24.5 Å². The van der Waals surface area contributed by atoms with Crippen molar-refractivity contribution < 1.29 is 0 Å². The zero-order chi connectivity index (χ0) is 23.8. The topological polar surface area (TPSA) is 46.0 Å². The van der Waals surface area contributed by atoms with Gasteiger partial charge in [0, 0.05) is 47.2 Å². The monoisotopic (exact) mass is 487 g/mol. The summed E-state index contributed by atoms with van der Waals surface area (Å²) in [4.78, 5) is 11.2. The van der Waals surface area contributed by atoms with Crippen LogP contribution in [0.4, 0.5) is 0 Å². The van der Waals surface area contributed by atoms with Crippen LogP contribution < -0.4 is 5.32 Å². The molecule has 4 heterocycles. The lowest BCUT2D eigenvalue weighted by atomic mass is 9.96. The molecule has 3 aromatic heterocycles. The number of nitrogens with one attached hydrogen (secondary N) is 1. The normalized spacial score (nSPS) is 17.8. The maximum Gasteiger partial charge on any atom is 0.170 e. The molecule has 1 saturated heterocycles. The van der Waals surface area contributed by atoms with Gasteiger partial charge in [0.05, 0.1) is 17.8 Å². The van der Waals surface area contributed by atoms with E-state index < -0.39 is 0 Å². The number of aromatic nitrogens is 3. The van der Waals surface area contributed by atoms with Gasteiger partial charge in [0.1, 0.15) is 0 Å². The van der Waals surface area contributed by atoms with Crippen molar-refractivity contribution >= 4 is 28.9 Å². The van der Waals surface area contributed by atoms with Crippen LogP contribution in [0.25, 0.3) is 5.69 Å². The summed E-state index contributed by atoms with van der Waals surface area (Å²) in [5.74, 6) is 0. The third kappa shape index (κ3) is 3.97. The maximum atomic E-state index is 6.48. The van der Waals surface area contributed by atoms with Crippen molar-refractivity contribution in [2.75, 3.05) is 0 Å². The van der Waals surface area contributed by atoms with Crippen molar-refractivity contribution in [3.63, 3.8) is 0 Å². The van der Waals surface area contributed by atoms with E-state index in [-0.39, 0.29) is 12.1 Å². The second-order valence-electron chi connectivity index (χ2n) is 8.66. The van der Waals surface area contributed by atoms with Crippen LogP contribution >= 0.6 is 23.8 Å². The second kappa shape index (κ2) is 9.20. The Morgan fingerprint density at radius 3 is 2.62 bits per heavy atom. The van der Waals surface area contributed by atoms with Gasteiger partial charge in [-0.05, 0) is 86.1 Å². The van der Waals surface area contributed by atoms with Crippen LogP contribution in [-0.2, 0) is 6.54 Å². The molecular formula is C27H26ClN5S. The van der Waals surface area contributed by atoms with Crippen LogP contribution in [0.15, 0.2) is 73.2 Å². The van der Waals surface area contributed by atoms with Crippen molar-refractivity contribution in [2.24, 2.45) is 0 Å². The summed E-state index contributed by atoms with van der Waals surface area (Å²) < 4.78 is 2.29. The molecule has 0 saturated carbocycles. The predicted octanol–water partition coefficient (Wildman–Crippen LogP) is 6.02. The first-order valence-electron chi connectivity index (χ1n) is 11.3. The predicted molar refractivity (Wildman–Crippen MR) is 140 cm³/mol. The third-order valence-corrected chi connectivity index (χ3v) is 7.30. The van der Waals surface area contributed by atoms with Gasteiger partial charge in [-0.15, -0.1) is 0 Å².